The van der Waals surface area contributed by atoms with Gasteiger partial charge < -0.3 is 14.8 Å². The number of ether oxygens (including phenoxy) is 2. The van der Waals surface area contributed by atoms with Crippen LogP contribution in [-0.2, 0) is 5.41 Å². The Morgan fingerprint density at radius 1 is 1.15 bits per heavy atom. The van der Waals surface area contributed by atoms with Gasteiger partial charge in [-0.25, -0.2) is 9.50 Å². The van der Waals surface area contributed by atoms with E-state index in [0.717, 1.165) is 32.8 Å². The SMILES string of the molecule is CC(C)[C@H](Nc1nn2cc(C(C)(C)C)nc2s1)c1ccc2c(c1)OCCO2. The lowest BCUT2D eigenvalue weighted by Crippen LogP contribution is -2.19. The zero-order valence-electron chi connectivity index (χ0n) is 16.4. The molecule has 6 nitrogen and oxygen atoms in total. The van der Waals surface area contributed by atoms with Gasteiger partial charge in [-0.3, -0.25) is 0 Å². The molecule has 3 heterocycles. The van der Waals surface area contributed by atoms with Crippen molar-refractivity contribution in [2.75, 3.05) is 18.5 Å². The van der Waals surface area contributed by atoms with E-state index < -0.39 is 0 Å². The van der Waals surface area contributed by atoms with Gasteiger partial charge >= 0.3 is 0 Å². The highest BCUT2D eigenvalue weighted by Gasteiger charge is 2.23. The molecule has 1 aliphatic rings. The van der Waals surface area contributed by atoms with E-state index in [1.54, 1.807) is 11.3 Å². The van der Waals surface area contributed by atoms with Gasteiger partial charge in [-0.05, 0) is 23.6 Å². The van der Waals surface area contributed by atoms with Crippen molar-refractivity contribution in [3.8, 4) is 11.5 Å². The van der Waals surface area contributed by atoms with Crippen molar-refractivity contribution in [3.63, 3.8) is 0 Å². The van der Waals surface area contributed by atoms with Crippen LogP contribution in [0.5, 0.6) is 11.5 Å². The van der Waals surface area contributed by atoms with Crippen molar-refractivity contribution in [1.29, 1.82) is 0 Å². The fraction of sp³-hybridized carbons (Fsp3) is 0.500. The van der Waals surface area contributed by atoms with Crippen LogP contribution >= 0.6 is 11.3 Å². The van der Waals surface area contributed by atoms with Crippen LogP contribution < -0.4 is 14.8 Å². The molecule has 0 saturated carbocycles. The highest BCUT2D eigenvalue weighted by atomic mass is 32.1. The molecule has 0 saturated heterocycles. The van der Waals surface area contributed by atoms with Crippen LogP contribution in [0.2, 0.25) is 0 Å². The second-order valence-electron chi connectivity index (χ2n) is 8.28. The molecule has 2 aromatic heterocycles. The second kappa shape index (κ2) is 6.71. The number of nitrogens with one attached hydrogen (secondary N) is 1. The third kappa shape index (κ3) is 3.60. The fourth-order valence-electron chi connectivity index (χ4n) is 3.14. The smallest absolute Gasteiger partial charge is 0.214 e. The predicted octanol–water partition coefficient (Wildman–Crippen LogP) is 4.67. The van der Waals surface area contributed by atoms with Crippen molar-refractivity contribution >= 4 is 21.4 Å². The van der Waals surface area contributed by atoms with E-state index in [1.807, 2.05) is 16.8 Å². The molecule has 3 aromatic rings. The summed E-state index contributed by atoms with van der Waals surface area (Å²) in [6, 6.07) is 6.29. The maximum absolute atomic E-state index is 5.74. The summed E-state index contributed by atoms with van der Waals surface area (Å²) in [7, 11) is 0. The van der Waals surface area contributed by atoms with E-state index in [4.69, 9.17) is 14.5 Å². The molecule has 7 heteroatoms. The Kier molecular flexibility index (Phi) is 4.50. The molecule has 0 aliphatic carbocycles. The molecule has 144 valence electrons. The van der Waals surface area contributed by atoms with Gasteiger partial charge in [0.05, 0.1) is 17.9 Å². The van der Waals surface area contributed by atoms with E-state index in [9.17, 15) is 0 Å². The van der Waals surface area contributed by atoms with Gasteiger partial charge in [0.25, 0.3) is 0 Å². The molecule has 0 radical (unpaired) electrons. The summed E-state index contributed by atoms with van der Waals surface area (Å²) in [5.41, 5.74) is 2.24. The summed E-state index contributed by atoms with van der Waals surface area (Å²) in [4.78, 5) is 5.64. The van der Waals surface area contributed by atoms with Gasteiger partial charge in [-0.15, -0.1) is 5.10 Å². The lowest BCUT2D eigenvalue weighted by molar-refractivity contribution is 0.171. The number of hydrogen-bond donors (Lipinski definition) is 1. The van der Waals surface area contributed by atoms with Crippen molar-refractivity contribution in [3.05, 3.63) is 35.7 Å². The summed E-state index contributed by atoms with van der Waals surface area (Å²) in [6.07, 6.45) is 2.02. The molecule has 1 atom stereocenters. The van der Waals surface area contributed by atoms with Crippen LogP contribution in [0.1, 0.15) is 51.9 Å². The monoisotopic (exact) mass is 386 g/mol. The molecule has 0 bridgehead atoms. The largest absolute Gasteiger partial charge is 0.486 e. The van der Waals surface area contributed by atoms with Crippen LogP contribution in [0.25, 0.3) is 4.96 Å². The number of fused-ring (bicyclic) bond motifs is 2. The molecule has 0 fully saturated rings. The van der Waals surface area contributed by atoms with Gasteiger partial charge in [-0.2, -0.15) is 0 Å². The van der Waals surface area contributed by atoms with Crippen LogP contribution in [0.15, 0.2) is 24.4 Å². The quantitative estimate of drug-likeness (QED) is 0.706. The predicted molar refractivity (Wildman–Crippen MR) is 108 cm³/mol. The average molecular weight is 387 g/mol. The van der Waals surface area contributed by atoms with E-state index in [2.05, 4.69) is 57.2 Å². The minimum absolute atomic E-state index is 0.0205. The third-order valence-corrected chi connectivity index (χ3v) is 5.54. The molecule has 1 aromatic carbocycles. The molecule has 0 spiro atoms. The van der Waals surface area contributed by atoms with Crippen LogP contribution in [0, 0.1) is 5.92 Å². The minimum Gasteiger partial charge on any atom is -0.486 e. The minimum atomic E-state index is 0.0205. The van der Waals surface area contributed by atoms with E-state index in [1.165, 1.54) is 0 Å². The number of rotatable bonds is 4. The zero-order chi connectivity index (χ0) is 19.2. The first kappa shape index (κ1) is 18.1. The number of aromatic nitrogens is 3. The van der Waals surface area contributed by atoms with Gasteiger partial charge in [0, 0.05) is 5.41 Å². The Labute approximate surface area is 163 Å². The van der Waals surface area contributed by atoms with Crippen LogP contribution in [0.3, 0.4) is 0 Å². The number of nitrogens with zero attached hydrogens (tertiary/aromatic N) is 3. The van der Waals surface area contributed by atoms with Gasteiger partial charge in [0.1, 0.15) is 13.2 Å². The van der Waals surface area contributed by atoms with Crippen molar-refractivity contribution in [2.24, 2.45) is 5.92 Å². The summed E-state index contributed by atoms with van der Waals surface area (Å²) in [5.74, 6) is 2.01. The van der Waals surface area contributed by atoms with Crippen molar-refractivity contribution < 1.29 is 9.47 Å². The Hall–Kier alpha value is -2.28. The molecular formula is C20H26N4O2S. The standard InChI is InChI=1S/C20H26N4O2S/c1-12(2)17(13-6-7-14-15(10-13)26-9-8-25-14)22-18-23-24-11-16(20(3,4)5)21-19(24)27-18/h6-7,10-12,17H,8-9H2,1-5H3,(H,22,23)/t17-/m0/s1. The van der Waals surface area contributed by atoms with Crippen molar-refractivity contribution in [2.45, 2.75) is 46.1 Å². The highest BCUT2D eigenvalue weighted by molar-refractivity contribution is 7.20. The Morgan fingerprint density at radius 3 is 2.56 bits per heavy atom. The first-order valence-corrected chi connectivity index (χ1v) is 10.2. The maximum Gasteiger partial charge on any atom is 0.214 e. The van der Waals surface area contributed by atoms with Crippen molar-refractivity contribution in [1.82, 2.24) is 14.6 Å². The highest BCUT2D eigenvalue weighted by Crippen LogP contribution is 2.36. The average Bonchev–Trinajstić information content (AvgIpc) is 3.17. The summed E-state index contributed by atoms with van der Waals surface area (Å²) < 4.78 is 13.3. The number of anilines is 1. The molecule has 0 amide bonds. The normalized spacial score (nSPS) is 15.3. The molecule has 4 rings (SSSR count). The molecule has 0 unspecified atom stereocenters. The summed E-state index contributed by atoms with van der Waals surface area (Å²) >= 11 is 1.58. The van der Waals surface area contributed by atoms with E-state index in [0.29, 0.717) is 19.1 Å². The van der Waals surface area contributed by atoms with Gasteiger partial charge in [0.2, 0.25) is 10.1 Å². The molecular weight excluding hydrogens is 360 g/mol. The van der Waals surface area contributed by atoms with Crippen LogP contribution in [-0.4, -0.2) is 27.8 Å². The number of benzene rings is 1. The second-order valence-corrected chi connectivity index (χ2v) is 9.24. The Balaban J connectivity index is 1.60. The summed E-state index contributed by atoms with van der Waals surface area (Å²) in [5, 5.41) is 9.14. The maximum atomic E-state index is 5.74. The lowest BCUT2D eigenvalue weighted by Gasteiger charge is -2.25. The number of imidazole rings is 1. The molecule has 1 N–H and O–H groups in total. The summed E-state index contributed by atoms with van der Waals surface area (Å²) in [6.45, 7) is 12.1. The van der Waals surface area contributed by atoms with E-state index in [-0.39, 0.29) is 11.5 Å². The van der Waals surface area contributed by atoms with Gasteiger partial charge in [0.15, 0.2) is 11.5 Å². The topological polar surface area (TPSA) is 60.7 Å². The molecule has 1 aliphatic heterocycles. The zero-order valence-corrected chi connectivity index (χ0v) is 17.3. The molecule has 27 heavy (non-hydrogen) atoms. The van der Waals surface area contributed by atoms with E-state index >= 15 is 0 Å². The first-order chi connectivity index (χ1) is 12.8. The first-order valence-electron chi connectivity index (χ1n) is 9.34. The Bertz CT molecular complexity index is 923. The fourth-order valence-corrected chi connectivity index (χ4v) is 3.96. The third-order valence-electron chi connectivity index (χ3n) is 4.68. The Morgan fingerprint density at radius 2 is 1.89 bits per heavy atom. The van der Waals surface area contributed by atoms with Crippen LogP contribution in [0.4, 0.5) is 5.13 Å². The number of hydrogen-bond acceptors (Lipinski definition) is 6. The van der Waals surface area contributed by atoms with Gasteiger partial charge in [-0.1, -0.05) is 52.0 Å². The lowest BCUT2D eigenvalue weighted by atomic mass is 9.93.